The van der Waals surface area contributed by atoms with Crippen molar-refractivity contribution in [1.29, 1.82) is 0 Å². The Morgan fingerprint density at radius 3 is 2.33 bits per heavy atom. The molecule has 3 heterocycles. The number of carbonyl (C=O) groups excluding carboxylic acids is 2. The number of hydrogen-bond acceptors (Lipinski definition) is 9. The summed E-state index contributed by atoms with van der Waals surface area (Å²) in [5, 5.41) is 0.678. The van der Waals surface area contributed by atoms with Crippen molar-refractivity contribution < 1.29 is 19.1 Å². The van der Waals surface area contributed by atoms with Gasteiger partial charge in [-0.05, 0) is 34.6 Å². The Morgan fingerprint density at radius 1 is 1.13 bits per heavy atom. The summed E-state index contributed by atoms with van der Waals surface area (Å²) in [5.74, 6) is 0.237. The second-order valence-electron chi connectivity index (χ2n) is 7.88. The van der Waals surface area contributed by atoms with E-state index in [1.165, 1.54) is 11.3 Å². The Morgan fingerprint density at radius 2 is 1.77 bits per heavy atom. The van der Waals surface area contributed by atoms with E-state index in [2.05, 4.69) is 15.0 Å². The van der Waals surface area contributed by atoms with Crippen LogP contribution in [0.3, 0.4) is 0 Å². The fourth-order valence-corrected chi connectivity index (χ4v) is 3.85. The average Bonchev–Trinajstić information content (AvgIpc) is 3.09. The van der Waals surface area contributed by atoms with E-state index in [0.717, 1.165) is 5.56 Å². The first-order chi connectivity index (χ1) is 14.2. The smallest absolute Gasteiger partial charge is 0.410 e. The maximum absolute atomic E-state index is 12.2. The second kappa shape index (κ2) is 8.95. The van der Waals surface area contributed by atoms with Crippen molar-refractivity contribution in [2.45, 2.75) is 40.2 Å². The molecule has 9 nitrogen and oxygen atoms in total. The van der Waals surface area contributed by atoms with E-state index >= 15 is 0 Å². The summed E-state index contributed by atoms with van der Waals surface area (Å²) in [7, 11) is 0. The third-order valence-electron chi connectivity index (χ3n) is 4.36. The molecule has 0 bridgehead atoms. The quantitative estimate of drug-likeness (QED) is 0.678. The van der Waals surface area contributed by atoms with Crippen LogP contribution in [0.15, 0.2) is 12.4 Å². The van der Waals surface area contributed by atoms with E-state index in [4.69, 9.17) is 9.47 Å². The van der Waals surface area contributed by atoms with E-state index in [9.17, 15) is 9.59 Å². The van der Waals surface area contributed by atoms with Crippen LogP contribution < -0.4 is 4.90 Å². The Kier molecular flexibility index (Phi) is 6.55. The number of hydrogen-bond donors (Lipinski definition) is 0. The van der Waals surface area contributed by atoms with Gasteiger partial charge in [-0.2, -0.15) is 0 Å². The van der Waals surface area contributed by atoms with Gasteiger partial charge in [0.15, 0.2) is 0 Å². The third kappa shape index (κ3) is 5.24. The third-order valence-corrected chi connectivity index (χ3v) is 5.54. The predicted molar refractivity (Wildman–Crippen MR) is 114 cm³/mol. The van der Waals surface area contributed by atoms with Gasteiger partial charge >= 0.3 is 12.1 Å². The summed E-state index contributed by atoms with van der Waals surface area (Å²) >= 11 is 1.27. The second-order valence-corrected chi connectivity index (χ2v) is 8.88. The number of aryl methyl sites for hydroxylation is 1. The molecule has 2 aromatic heterocycles. The summed E-state index contributed by atoms with van der Waals surface area (Å²) in [5.41, 5.74) is 0.875. The molecular weight excluding hydrogens is 406 g/mol. The van der Waals surface area contributed by atoms with Gasteiger partial charge in [0, 0.05) is 44.1 Å². The van der Waals surface area contributed by atoms with Gasteiger partial charge in [-0.1, -0.05) is 0 Å². The minimum Gasteiger partial charge on any atom is -0.462 e. The highest BCUT2D eigenvalue weighted by Crippen LogP contribution is 2.28. The Bertz CT molecular complexity index is 899. The van der Waals surface area contributed by atoms with Crippen LogP contribution in [-0.4, -0.2) is 70.3 Å². The lowest BCUT2D eigenvalue weighted by Crippen LogP contribution is -2.50. The normalized spacial score (nSPS) is 14.6. The van der Waals surface area contributed by atoms with Gasteiger partial charge in [0.05, 0.1) is 12.3 Å². The zero-order valence-corrected chi connectivity index (χ0v) is 18.8. The molecule has 0 N–H and O–H groups in total. The van der Waals surface area contributed by atoms with Crippen molar-refractivity contribution >= 4 is 29.3 Å². The molecule has 1 saturated heterocycles. The molecule has 10 heteroatoms. The molecule has 30 heavy (non-hydrogen) atoms. The topological polar surface area (TPSA) is 97.8 Å². The summed E-state index contributed by atoms with van der Waals surface area (Å²) in [6.45, 7) is 11.8. The number of esters is 1. The Hall–Kier alpha value is -2.75. The number of rotatable bonds is 4. The largest absolute Gasteiger partial charge is 0.462 e. The molecule has 0 unspecified atom stereocenters. The Balaban J connectivity index is 1.63. The van der Waals surface area contributed by atoms with Crippen molar-refractivity contribution in [3.63, 3.8) is 0 Å². The van der Waals surface area contributed by atoms with Crippen LogP contribution in [0.5, 0.6) is 0 Å². The number of carbonyl (C=O) groups is 2. The molecular formula is C20H27N5O4S. The lowest BCUT2D eigenvalue weighted by Gasteiger charge is -2.35. The van der Waals surface area contributed by atoms with Gasteiger partial charge in [0.1, 0.15) is 15.5 Å². The lowest BCUT2D eigenvalue weighted by atomic mass is 10.2. The number of piperazine rings is 1. The lowest BCUT2D eigenvalue weighted by molar-refractivity contribution is 0.0239. The predicted octanol–water partition coefficient (Wildman–Crippen LogP) is 3.14. The minimum atomic E-state index is -0.505. The van der Waals surface area contributed by atoms with Crippen molar-refractivity contribution in [2.75, 3.05) is 37.7 Å². The first kappa shape index (κ1) is 21.9. The van der Waals surface area contributed by atoms with Crippen LogP contribution >= 0.6 is 11.3 Å². The summed E-state index contributed by atoms with van der Waals surface area (Å²) in [4.78, 5) is 41.8. The highest BCUT2D eigenvalue weighted by Gasteiger charge is 2.27. The Labute approximate surface area is 180 Å². The van der Waals surface area contributed by atoms with Crippen molar-refractivity contribution in [2.24, 2.45) is 0 Å². The van der Waals surface area contributed by atoms with E-state index in [0.29, 0.717) is 54.3 Å². The van der Waals surface area contributed by atoms with Crippen molar-refractivity contribution in [3.8, 4) is 10.6 Å². The SMILES string of the molecule is CCOC(=O)c1sc(-c2cnc(N3CCN(C(=O)OC(C)(C)C)CC3)nc2)nc1C. The number of aromatic nitrogens is 3. The van der Waals surface area contributed by atoms with Crippen LogP contribution in [-0.2, 0) is 9.47 Å². The maximum atomic E-state index is 12.2. The summed E-state index contributed by atoms with van der Waals surface area (Å²) < 4.78 is 10.5. The number of thiazole rings is 1. The van der Waals surface area contributed by atoms with Crippen molar-refractivity contribution in [3.05, 3.63) is 23.0 Å². The van der Waals surface area contributed by atoms with Gasteiger partial charge in [-0.3, -0.25) is 0 Å². The average molecular weight is 434 g/mol. The zero-order chi connectivity index (χ0) is 21.9. The molecule has 1 amide bonds. The fourth-order valence-electron chi connectivity index (χ4n) is 2.92. The van der Waals surface area contributed by atoms with Gasteiger partial charge in [-0.15, -0.1) is 11.3 Å². The highest BCUT2D eigenvalue weighted by atomic mass is 32.1. The van der Waals surface area contributed by atoms with Crippen LogP contribution in [0.1, 0.15) is 43.1 Å². The zero-order valence-electron chi connectivity index (χ0n) is 18.0. The number of amides is 1. The molecule has 1 fully saturated rings. The molecule has 1 aliphatic rings. The standard InChI is InChI=1S/C20H27N5O4S/c1-6-28-17(26)15-13(2)23-16(30-15)14-11-21-18(22-12-14)24-7-9-25(10-8-24)19(27)29-20(3,4)5/h11-12H,6-10H2,1-5H3. The molecule has 2 aromatic rings. The molecule has 0 spiro atoms. The van der Waals surface area contributed by atoms with Gasteiger partial charge in [0.25, 0.3) is 0 Å². The van der Waals surface area contributed by atoms with E-state index in [-0.39, 0.29) is 12.1 Å². The molecule has 0 aromatic carbocycles. The van der Waals surface area contributed by atoms with Gasteiger partial charge < -0.3 is 19.3 Å². The van der Waals surface area contributed by atoms with E-state index in [1.54, 1.807) is 31.1 Å². The monoisotopic (exact) mass is 433 g/mol. The van der Waals surface area contributed by atoms with Gasteiger partial charge in [-0.25, -0.2) is 24.5 Å². The van der Waals surface area contributed by atoms with Crippen LogP contribution in [0.2, 0.25) is 0 Å². The van der Waals surface area contributed by atoms with E-state index in [1.807, 2.05) is 25.7 Å². The minimum absolute atomic E-state index is 0.296. The van der Waals surface area contributed by atoms with Crippen molar-refractivity contribution in [1.82, 2.24) is 19.9 Å². The first-order valence-electron chi connectivity index (χ1n) is 9.87. The summed E-state index contributed by atoms with van der Waals surface area (Å²) in [6.07, 6.45) is 3.11. The highest BCUT2D eigenvalue weighted by molar-refractivity contribution is 7.17. The molecule has 0 aliphatic carbocycles. The van der Waals surface area contributed by atoms with Crippen LogP contribution in [0, 0.1) is 6.92 Å². The number of anilines is 1. The number of ether oxygens (including phenoxy) is 2. The molecule has 0 atom stereocenters. The van der Waals surface area contributed by atoms with Crippen LogP contribution in [0.4, 0.5) is 10.7 Å². The van der Waals surface area contributed by atoms with Gasteiger partial charge in [0.2, 0.25) is 5.95 Å². The molecule has 3 rings (SSSR count). The maximum Gasteiger partial charge on any atom is 0.410 e. The molecule has 1 aliphatic heterocycles. The number of nitrogens with zero attached hydrogens (tertiary/aromatic N) is 5. The van der Waals surface area contributed by atoms with E-state index < -0.39 is 5.60 Å². The first-order valence-corrected chi connectivity index (χ1v) is 10.7. The molecule has 162 valence electrons. The molecule has 0 saturated carbocycles. The fraction of sp³-hybridized carbons (Fsp3) is 0.550. The van der Waals surface area contributed by atoms with Crippen LogP contribution in [0.25, 0.3) is 10.6 Å². The molecule has 0 radical (unpaired) electrons. The summed E-state index contributed by atoms with van der Waals surface area (Å²) in [6, 6.07) is 0.